The predicted molar refractivity (Wildman–Crippen MR) is 133 cm³/mol. The minimum atomic E-state index is -0.380. The Morgan fingerprint density at radius 1 is 1.16 bits per heavy atom. The number of para-hydroxylation sites is 2. The van der Waals surface area contributed by atoms with Crippen LogP contribution in [-0.4, -0.2) is 21.7 Å². The zero-order valence-corrected chi connectivity index (χ0v) is 18.6. The lowest BCUT2D eigenvalue weighted by atomic mass is 10.1. The lowest BCUT2D eigenvalue weighted by molar-refractivity contribution is -0.384. The minimum absolute atomic E-state index is 0.100. The second kappa shape index (κ2) is 9.37. The Labute approximate surface area is 194 Å². The molecule has 0 spiro atoms. The van der Waals surface area contributed by atoms with E-state index in [0.717, 1.165) is 27.6 Å². The summed E-state index contributed by atoms with van der Waals surface area (Å²) in [4.78, 5) is 25.1. The average Bonchev–Trinajstić information content (AvgIpc) is 3.22. The number of hydrogen-bond acceptors (Lipinski definition) is 6. The van der Waals surface area contributed by atoms with Crippen LogP contribution in [0.4, 0.5) is 22.7 Å². The van der Waals surface area contributed by atoms with Crippen LogP contribution in [-0.2, 0) is 12.2 Å². The molecule has 0 bridgehead atoms. The summed E-state index contributed by atoms with van der Waals surface area (Å²) in [5, 5.41) is 13.8. The number of amides is 1. The fraction of sp³-hybridized carbons (Fsp3) is 0.130. The number of nitrogen functional groups attached to an aromatic ring is 1. The maximum absolute atomic E-state index is 12.5. The number of hydrogen-bond donors (Lipinski definition) is 2. The van der Waals surface area contributed by atoms with Crippen LogP contribution in [0.25, 0.3) is 0 Å². The summed E-state index contributed by atoms with van der Waals surface area (Å²) in [6, 6.07) is 19.4. The first-order valence-corrected chi connectivity index (χ1v) is 11.3. The van der Waals surface area contributed by atoms with Crippen molar-refractivity contribution in [2.45, 2.75) is 12.2 Å². The summed E-state index contributed by atoms with van der Waals surface area (Å²) in [6.45, 7) is 0.712. The van der Waals surface area contributed by atoms with Crippen LogP contribution in [0.2, 0.25) is 0 Å². The average molecular weight is 465 g/mol. The molecule has 0 saturated heterocycles. The molecule has 162 valence electrons. The molecule has 0 saturated carbocycles. The number of nitrogens with zero attached hydrogens (tertiary/aromatic N) is 2. The first-order valence-electron chi connectivity index (χ1n) is 9.89. The third-order valence-electron chi connectivity index (χ3n) is 5.18. The summed E-state index contributed by atoms with van der Waals surface area (Å²) in [7, 11) is 0. The minimum Gasteiger partial charge on any atom is -0.397 e. The molecule has 1 amide bonds. The molecule has 3 N–H and O–H groups in total. The molecular formula is C23H20N4O3S2. The molecule has 0 radical (unpaired) electrons. The highest BCUT2D eigenvalue weighted by molar-refractivity contribution is 8.22. The molecule has 9 heteroatoms. The van der Waals surface area contributed by atoms with Gasteiger partial charge in [-0.2, -0.15) is 0 Å². The molecule has 0 unspecified atom stereocenters. The number of nitro groups is 1. The Morgan fingerprint density at radius 2 is 1.91 bits per heavy atom. The molecule has 7 nitrogen and oxygen atoms in total. The van der Waals surface area contributed by atoms with E-state index in [9.17, 15) is 14.9 Å². The zero-order valence-electron chi connectivity index (χ0n) is 17.0. The SMILES string of the molecule is Nc1ccccc1NC(=O)c1ccc(CSC(=S)N2CCc3cc([N+](=O)[O-])ccc32)cc1. The Balaban J connectivity index is 1.35. The van der Waals surface area contributed by atoms with Crippen molar-refractivity contribution in [2.24, 2.45) is 0 Å². The fourth-order valence-corrected chi connectivity index (χ4v) is 4.67. The van der Waals surface area contributed by atoms with Gasteiger partial charge < -0.3 is 16.0 Å². The van der Waals surface area contributed by atoms with Crippen molar-refractivity contribution in [2.75, 3.05) is 22.5 Å². The third-order valence-corrected chi connectivity index (χ3v) is 6.70. The summed E-state index contributed by atoms with van der Waals surface area (Å²) in [5.41, 5.74) is 10.5. The topological polar surface area (TPSA) is 102 Å². The van der Waals surface area contributed by atoms with E-state index < -0.39 is 0 Å². The molecule has 0 fully saturated rings. The lowest BCUT2D eigenvalue weighted by Crippen LogP contribution is -2.24. The monoisotopic (exact) mass is 464 g/mol. The van der Waals surface area contributed by atoms with E-state index in [1.54, 1.807) is 36.4 Å². The Hall–Kier alpha value is -3.43. The third kappa shape index (κ3) is 4.74. The van der Waals surface area contributed by atoms with Crippen LogP contribution in [0, 0.1) is 10.1 Å². The van der Waals surface area contributed by atoms with E-state index in [0.29, 0.717) is 29.2 Å². The van der Waals surface area contributed by atoms with Gasteiger partial charge in [0.1, 0.15) is 4.32 Å². The molecule has 1 heterocycles. The van der Waals surface area contributed by atoms with Crippen molar-refractivity contribution in [3.05, 3.63) is 93.5 Å². The smallest absolute Gasteiger partial charge is 0.269 e. The van der Waals surface area contributed by atoms with Gasteiger partial charge in [0.15, 0.2) is 0 Å². The van der Waals surface area contributed by atoms with Crippen LogP contribution >= 0.6 is 24.0 Å². The van der Waals surface area contributed by atoms with E-state index >= 15 is 0 Å². The number of carbonyl (C=O) groups excluding carboxylic acids is 1. The largest absolute Gasteiger partial charge is 0.397 e. The molecule has 3 aromatic rings. The first-order chi connectivity index (χ1) is 15.4. The van der Waals surface area contributed by atoms with Crippen LogP contribution in [0.5, 0.6) is 0 Å². The van der Waals surface area contributed by atoms with Crippen molar-refractivity contribution < 1.29 is 9.72 Å². The predicted octanol–water partition coefficient (Wildman–Crippen LogP) is 5.01. The standard InChI is InChI=1S/C23H20N4O3S2/c24-19-3-1-2-4-20(19)25-22(28)16-7-5-15(6-8-16)14-32-23(31)26-12-11-17-13-18(27(29)30)9-10-21(17)26/h1-10,13H,11-12,14,24H2,(H,25,28). The van der Waals surface area contributed by atoms with Crippen LogP contribution in [0.15, 0.2) is 66.7 Å². The van der Waals surface area contributed by atoms with Gasteiger partial charge in [-0.3, -0.25) is 14.9 Å². The normalized spacial score (nSPS) is 12.3. The van der Waals surface area contributed by atoms with E-state index in [2.05, 4.69) is 5.32 Å². The lowest BCUT2D eigenvalue weighted by Gasteiger charge is -2.19. The molecule has 0 aliphatic carbocycles. The Bertz CT molecular complexity index is 1200. The van der Waals surface area contributed by atoms with E-state index in [4.69, 9.17) is 18.0 Å². The molecule has 1 aliphatic rings. The van der Waals surface area contributed by atoms with E-state index in [1.807, 2.05) is 29.2 Å². The van der Waals surface area contributed by atoms with Crippen LogP contribution in [0.1, 0.15) is 21.5 Å². The quantitative estimate of drug-likeness (QED) is 0.237. The number of nitrogens with two attached hydrogens (primary N) is 1. The number of nitro benzene ring substituents is 1. The van der Waals surface area contributed by atoms with Gasteiger partial charge in [0.25, 0.3) is 11.6 Å². The number of thioether (sulfide) groups is 1. The molecule has 32 heavy (non-hydrogen) atoms. The number of non-ortho nitro benzene ring substituents is 1. The van der Waals surface area contributed by atoms with Gasteiger partial charge >= 0.3 is 0 Å². The Morgan fingerprint density at radius 3 is 2.62 bits per heavy atom. The molecule has 0 atom stereocenters. The van der Waals surface area contributed by atoms with E-state index in [1.165, 1.54) is 17.8 Å². The zero-order chi connectivity index (χ0) is 22.7. The summed E-state index contributed by atoms with van der Waals surface area (Å²) in [5.74, 6) is 0.436. The first kappa shape index (κ1) is 21.8. The molecule has 3 aromatic carbocycles. The van der Waals surface area contributed by atoms with Gasteiger partial charge in [0.2, 0.25) is 0 Å². The summed E-state index contributed by atoms with van der Waals surface area (Å²) in [6.07, 6.45) is 0.730. The van der Waals surface area contributed by atoms with Gasteiger partial charge in [-0.25, -0.2) is 0 Å². The Kier molecular flexibility index (Phi) is 6.38. The number of rotatable bonds is 5. The van der Waals surface area contributed by atoms with Gasteiger partial charge in [-0.05, 0) is 47.9 Å². The maximum Gasteiger partial charge on any atom is 0.269 e. The highest BCUT2D eigenvalue weighted by atomic mass is 32.2. The van der Waals surface area contributed by atoms with Crippen molar-refractivity contribution in [3.8, 4) is 0 Å². The number of anilines is 3. The molecular weight excluding hydrogens is 444 g/mol. The fourth-order valence-electron chi connectivity index (χ4n) is 3.47. The second-order valence-electron chi connectivity index (χ2n) is 7.26. The van der Waals surface area contributed by atoms with Crippen molar-refractivity contribution in [1.29, 1.82) is 0 Å². The highest BCUT2D eigenvalue weighted by Gasteiger charge is 2.24. The number of nitrogens with one attached hydrogen (secondary N) is 1. The van der Waals surface area contributed by atoms with Gasteiger partial charge in [-0.1, -0.05) is 48.2 Å². The number of carbonyl (C=O) groups is 1. The summed E-state index contributed by atoms with van der Waals surface area (Å²) >= 11 is 7.13. The van der Waals surface area contributed by atoms with Crippen LogP contribution in [0.3, 0.4) is 0 Å². The van der Waals surface area contributed by atoms with Gasteiger partial charge in [-0.15, -0.1) is 0 Å². The highest BCUT2D eigenvalue weighted by Crippen LogP contribution is 2.34. The summed E-state index contributed by atoms with van der Waals surface area (Å²) < 4.78 is 0.721. The molecule has 4 rings (SSSR count). The van der Waals surface area contributed by atoms with Crippen LogP contribution < -0.4 is 16.0 Å². The molecule has 1 aliphatic heterocycles. The van der Waals surface area contributed by atoms with Crippen molar-refractivity contribution >= 4 is 57.0 Å². The van der Waals surface area contributed by atoms with E-state index in [-0.39, 0.29) is 16.5 Å². The van der Waals surface area contributed by atoms with Crippen molar-refractivity contribution in [1.82, 2.24) is 0 Å². The molecule has 0 aromatic heterocycles. The van der Waals surface area contributed by atoms with Gasteiger partial charge in [0.05, 0.1) is 16.3 Å². The van der Waals surface area contributed by atoms with Crippen molar-refractivity contribution in [3.63, 3.8) is 0 Å². The number of benzene rings is 3. The number of fused-ring (bicyclic) bond motifs is 1. The second-order valence-corrected chi connectivity index (χ2v) is 8.87. The number of thiocarbonyl (C=S) groups is 1. The maximum atomic E-state index is 12.5. The van der Waals surface area contributed by atoms with Gasteiger partial charge in [0, 0.05) is 35.7 Å².